The minimum absolute atomic E-state index is 0.0668. The lowest BCUT2D eigenvalue weighted by atomic mass is 10.0. The van der Waals surface area contributed by atoms with Gasteiger partial charge in [0.15, 0.2) is 0 Å². The number of aliphatic carboxylic acids is 1. The van der Waals surface area contributed by atoms with Crippen LogP contribution in [0.4, 0.5) is 0 Å². The molecule has 1 N–H and O–H groups in total. The van der Waals surface area contributed by atoms with Crippen LogP contribution in [0, 0.1) is 0 Å². The molecule has 0 aromatic carbocycles. The molecule has 0 bridgehead atoms. The molecule has 0 saturated carbocycles. The predicted octanol–water partition coefficient (Wildman–Crippen LogP) is 2.39. The van der Waals surface area contributed by atoms with Gasteiger partial charge in [0.25, 0.3) is 0 Å². The number of hydrogen-bond donors (Lipinski definition) is 1. The van der Waals surface area contributed by atoms with Crippen molar-refractivity contribution in [2.75, 3.05) is 6.61 Å². The summed E-state index contributed by atoms with van der Waals surface area (Å²) < 4.78 is 4.97. The summed E-state index contributed by atoms with van der Waals surface area (Å²) in [5, 5.41) is 8.58. The lowest BCUT2D eigenvalue weighted by molar-refractivity contribution is -0.139. The van der Waals surface area contributed by atoms with Crippen molar-refractivity contribution < 1.29 is 19.4 Å². The summed E-state index contributed by atoms with van der Waals surface area (Å²) in [6.45, 7) is 2.15. The van der Waals surface area contributed by atoms with Gasteiger partial charge >= 0.3 is 11.9 Å². The Morgan fingerprint density at radius 1 is 1.44 bits per heavy atom. The number of cyclic esters (lactones) is 1. The number of carbonyl (C=O) groups excluding carboxylic acids is 1. The minimum Gasteiger partial charge on any atom is -0.481 e. The number of carbonyl (C=O) groups is 2. The van der Waals surface area contributed by atoms with E-state index in [2.05, 4.69) is 0 Å². The van der Waals surface area contributed by atoms with Gasteiger partial charge < -0.3 is 9.84 Å². The summed E-state index contributed by atoms with van der Waals surface area (Å²) in [4.78, 5) is 21.9. The maximum Gasteiger partial charge on any atom is 0.334 e. The van der Waals surface area contributed by atoms with Crippen LogP contribution >= 0.6 is 0 Å². The van der Waals surface area contributed by atoms with E-state index in [4.69, 9.17) is 9.84 Å². The van der Waals surface area contributed by atoms with Crippen molar-refractivity contribution in [2.24, 2.45) is 0 Å². The highest BCUT2D eigenvalue weighted by atomic mass is 16.5. The summed E-state index contributed by atoms with van der Waals surface area (Å²) in [6, 6.07) is 0. The molecule has 1 aliphatic heterocycles. The van der Waals surface area contributed by atoms with Crippen molar-refractivity contribution in [3.05, 3.63) is 47.6 Å². The van der Waals surface area contributed by atoms with E-state index in [9.17, 15) is 9.59 Å². The van der Waals surface area contributed by atoms with E-state index in [1.807, 2.05) is 37.3 Å². The van der Waals surface area contributed by atoms with E-state index < -0.39 is 11.9 Å². The van der Waals surface area contributed by atoms with E-state index in [0.29, 0.717) is 5.57 Å². The predicted molar refractivity (Wildman–Crippen MR) is 67.9 cm³/mol. The highest BCUT2D eigenvalue weighted by Crippen LogP contribution is 2.17. The van der Waals surface area contributed by atoms with Crippen LogP contribution in [0.3, 0.4) is 0 Å². The molecule has 0 saturated heterocycles. The Labute approximate surface area is 106 Å². The molecule has 96 valence electrons. The Morgan fingerprint density at radius 2 is 2.22 bits per heavy atom. The SMILES string of the molecule is C/C=C/C=C/C=C1\C=C(CCC(=O)O)C(=O)OC1. The first-order chi connectivity index (χ1) is 8.63. The average Bonchev–Trinajstić information content (AvgIpc) is 2.34. The Bertz CT molecular complexity index is 439. The van der Waals surface area contributed by atoms with Crippen LogP contribution in [-0.4, -0.2) is 23.7 Å². The van der Waals surface area contributed by atoms with Gasteiger partial charge in [0.05, 0.1) is 0 Å². The van der Waals surface area contributed by atoms with Gasteiger partial charge in [-0.15, -0.1) is 0 Å². The topological polar surface area (TPSA) is 63.6 Å². The van der Waals surface area contributed by atoms with E-state index in [0.717, 1.165) is 5.57 Å². The zero-order chi connectivity index (χ0) is 13.4. The molecule has 0 amide bonds. The van der Waals surface area contributed by atoms with Crippen LogP contribution in [0.1, 0.15) is 19.8 Å². The van der Waals surface area contributed by atoms with Crippen molar-refractivity contribution >= 4 is 11.9 Å². The fraction of sp³-hybridized carbons (Fsp3) is 0.286. The molecule has 1 heterocycles. The van der Waals surface area contributed by atoms with Crippen molar-refractivity contribution in [2.45, 2.75) is 19.8 Å². The first-order valence-corrected chi connectivity index (χ1v) is 5.71. The smallest absolute Gasteiger partial charge is 0.334 e. The molecule has 1 aliphatic rings. The molecular formula is C14H16O4. The highest BCUT2D eigenvalue weighted by Gasteiger charge is 2.17. The lowest BCUT2D eigenvalue weighted by Crippen LogP contribution is -2.16. The maximum absolute atomic E-state index is 11.4. The molecule has 0 aromatic heterocycles. The molecule has 4 heteroatoms. The van der Waals surface area contributed by atoms with Gasteiger partial charge in [-0.25, -0.2) is 4.79 Å². The molecule has 0 aromatic rings. The Kier molecular flexibility index (Phi) is 5.64. The minimum atomic E-state index is -0.923. The van der Waals surface area contributed by atoms with Gasteiger partial charge in [-0.1, -0.05) is 30.4 Å². The Morgan fingerprint density at radius 3 is 2.89 bits per heavy atom. The number of allylic oxidation sites excluding steroid dienone is 5. The van der Waals surface area contributed by atoms with Gasteiger partial charge in [-0.2, -0.15) is 0 Å². The third-order valence-electron chi connectivity index (χ3n) is 2.32. The molecule has 0 radical (unpaired) electrons. The van der Waals surface area contributed by atoms with Crippen molar-refractivity contribution in [1.29, 1.82) is 0 Å². The van der Waals surface area contributed by atoms with Crippen molar-refractivity contribution in [3.63, 3.8) is 0 Å². The molecule has 0 atom stereocenters. The van der Waals surface area contributed by atoms with Crippen LogP contribution in [-0.2, 0) is 14.3 Å². The number of hydrogen-bond acceptors (Lipinski definition) is 3. The summed E-state index contributed by atoms with van der Waals surface area (Å²) in [7, 11) is 0. The van der Waals surface area contributed by atoms with Gasteiger partial charge in [0.2, 0.25) is 0 Å². The van der Waals surface area contributed by atoms with Gasteiger partial charge in [-0.3, -0.25) is 4.79 Å². The second-order valence-corrected chi connectivity index (χ2v) is 3.79. The fourth-order valence-electron chi connectivity index (χ4n) is 1.43. The second kappa shape index (κ2) is 7.27. The van der Waals surface area contributed by atoms with Crippen LogP contribution < -0.4 is 0 Å². The standard InChI is InChI=1S/C14H16O4/c1-2-3-4-5-6-11-9-12(7-8-13(15)16)14(17)18-10-11/h2-6,9H,7-8,10H2,1H3,(H,15,16)/b3-2+,5-4+,11-6+. The number of carboxylic acid groups (broad SMARTS) is 1. The summed E-state index contributed by atoms with van der Waals surface area (Å²) in [6.07, 6.45) is 11.2. The largest absolute Gasteiger partial charge is 0.481 e. The number of carboxylic acids is 1. The zero-order valence-electron chi connectivity index (χ0n) is 10.3. The molecule has 0 unspecified atom stereocenters. The number of esters is 1. The summed E-state index contributed by atoms with van der Waals surface area (Å²) in [5.74, 6) is -1.35. The lowest BCUT2D eigenvalue weighted by Gasteiger charge is -2.14. The van der Waals surface area contributed by atoms with Crippen LogP contribution in [0.25, 0.3) is 0 Å². The quantitative estimate of drug-likeness (QED) is 0.599. The molecule has 0 spiro atoms. The maximum atomic E-state index is 11.4. The third kappa shape index (κ3) is 4.82. The number of ether oxygens (including phenoxy) is 1. The van der Waals surface area contributed by atoms with E-state index >= 15 is 0 Å². The Hall–Kier alpha value is -2.10. The van der Waals surface area contributed by atoms with Crippen LogP contribution in [0.15, 0.2) is 47.6 Å². The second-order valence-electron chi connectivity index (χ2n) is 3.79. The molecule has 1 rings (SSSR count). The van der Waals surface area contributed by atoms with Crippen molar-refractivity contribution in [1.82, 2.24) is 0 Å². The van der Waals surface area contributed by atoms with E-state index in [-0.39, 0.29) is 19.4 Å². The molecule has 18 heavy (non-hydrogen) atoms. The van der Waals surface area contributed by atoms with Gasteiger partial charge in [0, 0.05) is 12.0 Å². The van der Waals surface area contributed by atoms with Crippen molar-refractivity contribution in [3.8, 4) is 0 Å². The summed E-state index contributed by atoms with van der Waals surface area (Å²) in [5.41, 5.74) is 1.27. The molecule has 4 nitrogen and oxygen atoms in total. The average molecular weight is 248 g/mol. The molecular weight excluding hydrogens is 232 g/mol. The molecule has 0 fully saturated rings. The number of rotatable bonds is 5. The van der Waals surface area contributed by atoms with E-state index in [1.54, 1.807) is 6.08 Å². The van der Waals surface area contributed by atoms with Gasteiger partial charge in [-0.05, 0) is 25.0 Å². The van der Waals surface area contributed by atoms with Gasteiger partial charge in [0.1, 0.15) is 6.61 Å². The fourth-order valence-corrected chi connectivity index (χ4v) is 1.43. The van der Waals surface area contributed by atoms with Crippen LogP contribution in [0.2, 0.25) is 0 Å². The molecule has 0 aliphatic carbocycles. The third-order valence-corrected chi connectivity index (χ3v) is 2.32. The Balaban J connectivity index is 2.71. The first-order valence-electron chi connectivity index (χ1n) is 5.71. The van der Waals surface area contributed by atoms with Crippen LogP contribution in [0.5, 0.6) is 0 Å². The highest BCUT2D eigenvalue weighted by molar-refractivity contribution is 5.91. The first kappa shape index (κ1) is 14.0. The normalized spacial score (nSPS) is 18.4. The monoisotopic (exact) mass is 248 g/mol. The van der Waals surface area contributed by atoms with E-state index in [1.165, 1.54) is 0 Å². The summed E-state index contributed by atoms with van der Waals surface area (Å²) >= 11 is 0. The zero-order valence-corrected chi connectivity index (χ0v) is 10.3.